The molecular weight excluding hydrogens is 1800 g/mol. The summed E-state index contributed by atoms with van der Waals surface area (Å²) in [5.74, 6) is -7.14. The number of nitrogens with zero attached hydrogens (tertiary/aromatic N) is 20. The van der Waals surface area contributed by atoms with Crippen LogP contribution >= 0.6 is 0 Å². The van der Waals surface area contributed by atoms with E-state index >= 15 is 0 Å². The van der Waals surface area contributed by atoms with Gasteiger partial charge >= 0.3 is 36.4 Å². The molecule has 10 heterocycles. The standard InChI is InChI=1S/C21H22N4O2.C18H13F4N5O.C18H12F4N4O2.C18H13F3N4O2.C18H15F2N5O/c1-14(2)27-21(26)19(17-5-7-22-8-6-17)12-25-13-23-20(24-25)18-10-15(3)9-16(4)11-18;1-10-2-11(4-13(3-10)18(20,21)22)17-25-9-27(26-17)8-15(16(23)28)12-5-14(19)7-24-6-12;1-10-2-11(4-13(3-10)18(20,21)22)16-24-9-26(25-16)8-15(17(27)28)12-5-14(19)7-23-6-12;1-11-6-13(8-14(7-11)18(19,20)21)16-23-10-25(24-16)9-15(17(26)27)12-2-4-22-5-3-12;1-10-5-11(2)7-12(6-10)18-22-9-25(24-18)8-14(17(21)26)13-3-4-15(19)23-16(13)20/h5-14H,1-4H3;2-9H,1H3,(H2,23,28);2-9H,1H3,(H,27,28);2-10H,1H3,(H,26,27);3-9H,1-2H3,(H2,21,26)/b19-12+;2*15-8+;15-9+;14-8+. The molecule has 0 aliphatic rings. The van der Waals surface area contributed by atoms with Gasteiger partial charge in [0.25, 0.3) is 11.8 Å². The zero-order chi connectivity index (χ0) is 98.8. The predicted molar refractivity (Wildman–Crippen MR) is 472 cm³/mol. The largest absolute Gasteiger partial charge is 0.478 e. The summed E-state index contributed by atoms with van der Waals surface area (Å²) in [5, 5.41) is 39.6. The number of nitrogens with two attached hydrogens (primary N) is 2. The molecule has 10 aromatic heterocycles. The maximum absolute atomic E-state index is 13.9. The Morgan fingerprint density at radius 2 is 0.640 bits per heavy atom. The highest BCUT2D eigenvalue weighted by Crippen LogP contribution is 2.37. The Bertz CT molecular complexity index is 6890. The summed E-state index contributed by atoms with van der Waals surface area (Å²) in [6, 6.07) is 33.1. The van der Waals surface area contributed by atoms with Gasteiger partial charge in [0.2, 0.25) is 11.9 Å². The zero-order valence-electron chi connectivity index (χ0n) is 72.6. The topological polar surface area (TPSA) is 405 Å². The van der Waals surface area contributed by atoms with E-state index in [1.165, 1.54) is 110 Å². The fourth-order valence-corrected chi connectivity index (χ4v) is 12.8. The number of halogens is 13. The lowest BCUT2D eigenvalue weighted by Gasteiger charge is -2.11. The smallest absolute Gasteiger partial charge is 0.416 e. The fourth-order valence-electron chi connectivity index (χ4n) is 12.8. The zero-order valence-corrected chi connectivity index (χ0v) is 72.6. The van der Waals surface area contributed by atoms with Gasteiger partial charge in [0.05, 0.1) is 63.1 Å². The average Bonchev–Trinajstić information content (AvgIpc) is 1.65. The van der Waals surface area contributed by atoms with Crippen molar-refractivity contribution >= 4 is 88.6 Å². The van der Waals surface area contributed by atoms with Crippen molar-refractivity contribution in [2.45, 2.75) is 86.9 Å². The summed E-state index contributed by atoms with van der Waals surface area (Å²) in [6.45, 7) is 16.2. The van der Waals surface area contributed by atoms with E-state index < -0.39 is 88.5 Å². The number of ether oxygens (including phenoxy) is 1. The van der Waals surface area contributed by atoms with Gasteiger partial charge in [-0.15, -0.1) is 25.5 Å². The summed E-state index contributed by atoms with van der Waals surface area (Å²) in [6.07, 6.45) is 9.57. The van der Waals surface area contributed by atoms with Gasteiger partial charge in [0.1, 0.15) is 43.3 Å². The minimum atomic E-state index is -4.52. The summed E-state index contributed by atoms with van der Waals surface area (Å²) in [7, 11) is 0. The van der Waals surface area contributed by atoms with E-state index in [-0.39, 0.29) is 79.3 Å². The number of aliphatic carboxylic acids is 2. The first-order valence-corrected chi connectivity index (χ1v) is 39.8. The molecule has 0 aliphatic heterocycles. The number of primary amides is 2. The molecule has 0 atom stereocenters. The van der Waals surface area contributed by atoms with Gasteiger partial charge in [-0.1, -0.05) is 34.4 Å². The highest BCUT2D eigenvalue weighted by atomic mass is 19.4. The molecule has 0 aliphatic carbocycles. The molecule has 30 nitrogen and oxygen atoms in total. The van der Waals surface area contributed by atoms with Crippen LogP contribution in [0.15, 0.2) is 221 Å². The number of carboxylic acid groups (broad SMARTS) is 2. The molecule has 0 radical (unpaired) electrons. The van der Waals surface area contributed by atoms with E-state index in [1.54, 1.807) is 44.0 Å². The van der Waals surface area contributed by atoms with Gasteiger partial charge in [-0.3, -0.25) is 29.5 Å². The van der Waals surface area contributed by atoms with E-state index in [9.17, 15) is 91.3 Å². The van der Waals surface area contributed by atoms with Crippen molar-refractivity contribution in [3.8, 4) is 56.9 Å². The normalized spacial score (nSPS) is 12.0. The van der Waals surface area contributed by atoms with Crippen LogP contribution in [0, 0.1) is 72.0 Å². The van der Waals surface area contributed by atoms with Crippen molar-refractivity contribution in [1.29, 1.82) is 0 Å². The van der Waals surface area contributed by atoms with Crippen LogP contribution in [0.25, 0.3) is 116 Å². The number of hydrogen-bond acceptors (Lipinski definition) is 21. The molecule has 0 spiro atoms. The quantitative estimate of drug-likeness (QED) is 0.0225. The molecule has 43 heteroatoms. The first-order chi connectivity index (χ1) is 64.2. The predicted octanol–water partition coefficient (Wildman–Crippen LogP) is 17.6. The maximum Gasteiger partial charge on any atom is 0.416 e. The third kappa shape index (κ3) is 27.4. The molecule has 0 bridgehead atoms. The summed E-state index contributed by atoms with van der Waals surface area (Å²) >= 11 is 0. The summed E-state index contributed by atoms with van der Waals surface area (Å²) in [4.78, 5) is 97.6. The third-order valence-corrected chi connectivity index (χ3v) is 18.5. The van der Waals surface area contributed by atoms with Crippen molar-refractivity contribution in [3.63, 3.8) is 0 Å². The molecule has 0 saturated carbocycles. The van der Waals surface area contributed by atoms with Crippen LogP contribution in [0.4, 0.5) is 57.1 Å². The molecule has 2 amide bonds. The average molecular weight is 1880 g/mol. The van der Waals surface area contributed by atoms with Crippen molar-refractivity contribution in [1.82, 2.24) is 98.7 Å². The van der Waals surface area contributed by atoms with Gasteiger partial charge < -0.3 is 26.4 Å². The monoisotopic (exact) mass is 1870 g/mol. The maximum atomic E-state index is 13.9. The van der Waals surface area contributed by atoms with Crippen molar-refractivity contribution < 1.29 is 96.0 Å². The van der Waals surface area contributed by atoms with Crippen molar-refractivity contribution in [2.75, 3.05) is 0 Å². The van der Waals surface area contributed by atoms with Gasteiger partial charge in [0, 0.05) is 113 Å². The lowest BCUT2D eigenvalue weighted by molar-refractivity contribution is -0.140. The van der Waals surface area contributed by atoms with Crippen LogP contribution in [0.1, 0.15) is 97.3 Å². The van der Waals surface area contributed by atoms with Crippen LogP contribution in [-0.2, 0) is 47.2 Å². The molecular formula is C93H75F13N22O8. The second-order valence-corrected chi connectivity index (χ2v) is 30.0. The van der Waals surface area contributed by atoms with Crippen molar-refractivity contribution in [2.24, 2.45) is 11.5 Å². The van der Waals surface area contributed by atoms with Crippen LogP contribution < -0.4 is 11.5 Å². The van der Waals surface area contributed by atoms with Gasteiger partial charge in [0.15, 0.2) is 29.1 Å². The van der Waals surface area contributed by atoms with Crippen LogP contribution in [0.2, 0.25) is 0 Å². The van der Waals surface area contributed by atoms with E-state index in [4.69, 9.17) is 16.2 Å². The Morgan fingerprint density at radius 1 is 0.353 bits per heavy atom. The highest BCUT2D eigenvalue weighted by Gasteiger charge is 2.34. The van der Waals surface area contributed by atoms with Gasteiger partial charge in [-0.2, -0.15) is 53.3 Å². The first kappa shape index (κ1) is 99.3. The number of carboxylic acids is 2. The highest BCUT2D eigenvalue weighted by molar-refractivity contribution is 6.23. The second-order valence-electron chi connectivity index (χ2n) is 30.0. The van der Waals surface area contributed by atoms with Crippen molar-refractivity contribution in [3.05, 3.63) is 328 Å². The Morgan fingerprint density at radius 3 is 0.941 bits per heavy atom. The molecule has 15 aromatic rings. The Hall–Kier alpha value is -17.3. The Labute approximate surface area is 763 Å². The van der Waals surface area contributed by atoms with Gasteiger partial charge in [-0.05, 0) is 218 Å². The lowest BCUT2D eigenvalue weighted by Crippen LogP contribution is -2.15. The fraction of sp³-hybridized carbons (Fsp3) is 0.140. The number of benzene rings is 5. The molecule has 0 unspecified atom stereocenters. The SMILES string of the molecule is Cc1cc(-c2ncn(/C=C(/C(=O)O)c3ccncc3)n2)cc(C(F)(F)F)c1.Cc1cc(-c2ncn(/C=C(/C(=O)O)c3cncc(F)c3)n2)cc(C(F)(F)F)c1.Cc1cc(-c2ncn(/C=C(/C(N)=O)c3cncc(F)c3)n2)cc(C(F)(F)F)c1.Cc1cc(C)cc(-c2ncn(/C=C(/C(=O)OC(C)C)c3ccncc3)n2)c1.Cc1cc(C)cc(-c2ncn(/C=C(/C(N)=O)c3ccc(F)nc3F)n2)c1. The molecule has 696 valence electrons. The van der Waals surface area contributed by atoms with E-state index in [0.717, 1.165) is 139 Å². The number of aromatic nitrogens is 20. The Balaban J connectivity index is 0.000000163. The van der Waals surface area contributed by atoms with Crippen LogP contribution in [0.3, 0.4) is 0 Å². The molecule has 0 saturated heterocycles. The molecule has 15 rings (SSSR count). The summed E-state index contributed by atoms with van der Waals surface area (Å²) in [5.41, 5.74) is 16.7. The molecule has 5 aromatic carbocycles. The lowest BCUT2D eigenvalue weighted by atomic mass is 10.1. The number of pyridine rings is 5. The number of alkyl halides is 9. The van der Waals surface area contributed by atoms with E-state index in [2.05, 4.69) is 81.4 Å². The number of carbonyl (C=O) groups excluding carboxylic acids is 3. The number of aryl methyl sites for hydroxylation is 7. The van der Waals surface area contributed by atoms with Crippen LogP contribution in [0.5, 0.6) is 0 Å². The molecule has 6 N–H and O–H groups in total. The summed E-state index contributed by atoms with van der Waals surface area (Å²) < 4.78 is 182. The minimum absolute atomic E-state index is 0.000497. The number of carbonyl (C=O) groups is 5. The number of esters is 1. The first-order valence-electron chi connectivity index (χ1n) is 39.8. The van der Waals surface area contributed by atoms with Crippen LogP contribution in [-0.4, -0.2) is 145 Å². The number of hydrogen-bond donors (Lipinski definition) is 4. The third-order valence-electron chi connectivity index (χ3n) is 18.5. The molecule has 136 heavy (non-hydrogen) atoms. The molecule has 0 fully saturated rings. The van der Waals surface area contributed by atoms with Gasteiger partial charge in [-0.25, -0.2) is 71.5 Å². The second kappa shape index (κ2) is 43.2. The Kier molecular flexibility index (Phi) is 31.5. The van der Waals surface area contributed by atoms with E-state index in [0.29, 0.717) is 45.0 Å². The number of amides is 2. The minimum Gasteiger partial charge on any atom is -0.478 e. The van der Waals surface area contributed by atoms with E-state index in [1.807, 2.05) is 71.9 Å². The number of rotatable bonds is 21.